The number of aromatic hydroxyl groups is 2. The van der Waals surface area contributed by atoms with Crippen LogP contribution in [0.5, 0.6) is 11.5 Å². The lowest BCUT2D eigenvalue weighted by Gasteiger charge is -2.02. The molecule has 0 saturated heterocycles. The number of carbonyl (C=O) groups is 2. The van der Waals surface area contributed by atoms with Crippen LogP contribution < -0.4 is 72.6 Å². The molecular formula is C20H38Cl4N4O4S4. The molecule has 0 spiro atoms. The van der Waals surface area contributed by atoms with E-state index in [1.165, 1.54) is 59.7 Å². The van der Waals surface area contributed by atoms with Gasteiger partial charge in [-0.1, -0.05) is 21.6 Å². The first-order valence-corrected chi connectivity index (χ1v) is 14.1. The summed E-state index contributed by atoms with van der Waals surface area (Å²) in [7, 11) is 3.78. The van der Waals surface area contributed by atoms with Crippen LogP contribution >= 0.6 is 46.0 Å². The molecule has 0 saturated carbocycles. The van der Waals surface area contributed by atoms with E-state index in [0.717, 1.165) is 37.7 Å². The molecule has 0 aromatic heterocycles. The zero-order valence-corrected chi connectivity index (χ0v) is 26.3. The number of phenols is 2. The van der Waals surface area contributed by atoms with Gasteiger partial charge < -0.3 is 82.8 Å². The minimum absolute atomic E-state index is 0. The van der Waals surface area contributed by atoms with Crippen LogP contribution in [0.4, 0.5) is 0 Å². The molecule has 0 atom stereocenters. The molecule has 0 heterocycles. The van der Waals surface area contributed by atoms with Crippen LogP contribution in [0.2, 0.25) is 0 Å². The number of allylic oxidation sites excluding steroid dienone is 4. The van der Waals surface area contributed by atoms with Gasteiger partial charge in [0, 0.05) is 11.5 Å². The Bertz CT molecular complexity index is 664. The monoisotopic (exact) mass is 666 g/mol. The maximum Gasteiger partial charge on any atom is 0.178 e. The average molecular weight is 669 g/mol. The van der Waals surface area contributed by atoms with Crippen molar-refractivity contribution in [1.29, 1.82) is 0 Å². The predicted molar refractivity (Wildman–Crippen MR) is 139 cm³/mol. The number of phenolic OH excluding ortho intramolecular Hbond substituents is 2. The number of benzene rings is 1. The van der Waals surface area contributed by atoms with Gasteiger partial charge in [0.25, 0.3) is 0 Å². The predicted octanol–water partition coefficient (Wildman–Crippen LogP) is -13.3. The lowest BCUT2D eigenvalue weighted by molar-refractivity contribution is -0.360. The molecule has 0 amide bonds. The molecule has 0 bridgehead atoms. The number of thioether (sulfide) groups is 1. The smallest absolute Gasteiger partial charge is 0.178 e. The Balaban J connectivity index is -0.0000000847. The molecule has 8 nitrogen and oxygen atoms in total. The number of quaternary nitrogens is 4. The lowest BCUT2D eigenvalue weighted by Crippen LogP contribution is -3.00. The highest BCUT2D eigenvalue weighted by Gasteiger charge is 2.02. The van der Waals surface area contributed by atoms with E-state index in [1.54, 1.807) is 6.07 Å². The minimum Gasteiger partial charge on any atom is -1.00 e. The van der Waals surface area contributed by atoms with Crippen molar-refractivity contribution in [3.05, 3.63) is 42.5 Å². The van der Waals surface area contributed by atoms with Crippen LogP contribution in [0.25, 0.3) is 0 Å². The second-order valence-electron chi connectivity index (χ2n) is 5.75. The average Bonchev–Trinajstić information content (AvgIpc) is 2.80. The molecule has 36 heavy (non-hydrogen) atoms. The standard InChI is InChI=1S/C8H11NO2S.C6H4O2.C4H12N2S2.C2H7NS.4ClH/c9-3-4-12-8-5-6(10)1-2-7(8)11;7-5-1-2-6(8)4-3-5;5-1-3-7-8-4-2-6;3-1-2-4;;;;/h1-2,5,10-11H,3-4,9H2;1-4H;1-6H2;4H,1-3H2;4*1H. The van der Waals surface area contributed by atoms with Crippen molar-refractivity contribution in [3.63, 3.8) is 0 Å². The summed E-state index contributed by atoms with van der Waals surface area (Å²) in [6, 6.07) is 4.50. The largest absolute Gasteiger partial charge is 1.00 e. The number of hydrogen-bond donors (Lipinski definition) is 7. The molecule has 1 aromatic rings. The van der Waals surface area contributed by atoms with Gasteiger partial charge in [0.15, 0.2) is 11.6 Å². The third-order valence-corrected chi connectivity index (χ3v) is 6.89. The maximum absolute atomic E-state index is 10.3. The Labute approximate surface area is 256 Å². The highest BCUT2D eigenvalue weighted by Crippen LogP contribution is 2.30. The summed E-state index contributed by atoms with van der Waals surface area (Å²) < 4.78 is 0. The fourth-order valence-electron chi connectivity index (χ4n) is 1.48. The minimum atomic E-state index is -0.121. The van der Waals surface area contributed by atoms with Gasteiger partial charge in [0.05, 0.1) is 42.6 Å². The molecule has 14 N–H and O–H groups in total. The van der Waals surface area contributed by atoms with Crippen LogP contribution in [0, 0.1) is 0 Å². The highest BCUT2D eigenvalue weighted by molar-refractivity contribution is 8.76. The first kappa shape index (κ1) is 49.0. The molecule has 214 valence electrons. The zero-order valence-electron chi connectivity index (χ0n) is 19.9. The van der Waals surface area contributed by atoms with Crippen molar-refractivity contribution in [2.24, 2.45) is 0 Å². The summed E-state index contributed by atoms with van der Waals surface area (Å²) in [5, 5.41) is 18.4. The van der Waals surface area contributed by atoms with E-state index in [0.29, 0.717) is 4.90 Å². The normalized spacial score (nSPS) is 10.2. The number of rotatable bonds is 9. The van der Waals surface area contributed by atoms with E-state index in [4.69, 9.17) is 5.11 Å². The van der Waals surface area contributed by atoms with E-state index in [1.807, 2.05) is 21.6 Å². The summed E-state index contributed by atoms with van der Waals surface area (Å²) >= 11 is 5.35. The zero-order chi connectivity index (χ0) is 24.6. The Kier molecular flexibility index (Phi) is 50.7. The summed E-state index contributed by atoms with van der Waals surface area (Å²) in [4.78, 5) is 21.3. The van der Waals surface area contributed by atoms with E-state index in [2.05, 4.69) is 35.6 Å². The number of thiol groups is 1. The Morgan fingerprint density at radius 3 is 1.42 bits per heavy atom. The third kappa shape index (κ3) is 34.0. The van der Waals surface area contributed by atoms with Gasteiger partial charge in [-0.05, 0) is 42.5 Å². The summed E-state index contributed by atoms with van der Waals surface area (Å²) in [6.07, 6.45) is 5.01. The second kappa shape index (κ2) is 37.2. The van der Waals surface area contributed by atoms with Gasteiger partial charge in [-0.3, -0.25) is 9.59 Å². The Morgan fingerprint density at radius 1 is 0.694 bits per heavy atom. The molecule has 2 rings (SSSR count). The second-order valence-corrected chi connectivity index (χ2v) is 10.0. The quantitative estimate of drug-likeness (QED) is 0.0340. The third-order valence-electron chi connectivity index (χ3n) is 2.87. The van der Waals surface area contributed by atoms with Gasteiger partial charge in [-0.2, -0.15) is 12.6 Å². The molecule has 0 aliphatic heterocycles. The molecule has 1 aliphatic rings. The van der Waals surface area contributed by atoms with Crippen molar-refractivity contribution >= 4 is 57.5 Å². The highest BCUT2D eigenvalue weighted by atomic mass is 35.5. The fraction of sp³-hybridized carbons (Fsp3) is 0.400. The maximum atomic E-state index is 10.3. The first-order chi connectivity index (χ1) is 15.4. The van der Waals surface area contributed by atoms with E-state index < -0.39 is 0 Å². The van der Waals surface area contributed by atoms with Crippen molar-refractivity contribution < 1.29 is 92.4 Å². The SMILES string of the molecule is O=C1C=CC(=O)C=C1.[Cl-].[Cl-].[Cl-].[Cl-].[NH3+]CCS.[NH3+]CCSSCC[NH3+].[NH3+]CCSc1cc(O)ccc1O. The Hall–Kier alpha value is 0.0400. The van der Waals surface area contributed by atoms with Gasteiger partial charge in [0.1, 0.15) is 11.5 Å². The van der Waals surface area contributed by atoms with Crippen molar-refractivity contribution in [2.75, 3.05) is 49.2 Å². The number of carbonyl (C=O) groups excluding carboxylic acids is 2. The summed E-state index contributed by atoms with van der Waals surface area (Å²) in [5.41, 5.74) is 14.7. The first-order valence-electron chi connectivity index (χ1n) is 9.97. The van der Waals surface area contributed by atoms with Crippen molar-refractivity contribution in [3.8, 4) is 11.5 Å². The van der Waals surface area contributed by atoms with Gasteiger partial charge >= 0.3 is 0 Å². The molecule has 0 radical (unpaired) electrons. The van der Waals surface area contributed by atoms with Gasteiger partial charge in [-0.25, -0.2) is 0 Å². The summed E-state index contributed by atoms with van der Waals surface area (Å²) in [6.45, 7) is 3.81. The van der Waals surface area contributed by atoms with Crippen LogP contribution in [0.1, 0.15) is 0 Å². The van der Waals surface area contributed by atoms with Crippen LogP contribution in [0.15, 0.2) is 47.4 Å². The van der Waals surface area contributed by atoms with E-state index in [9.17, 15) is 14.7 Å². The number of hydrogen-bond acceptors (Lipinski definition) is 8. The van der Waals surface area contributed by atoms with E-state index >= 15 is 0 Å². The molecular weight excluding hydrogens is 630 g/mol. The van der Waals surface area contributed by atoms with Crippen molar-refractivity contribution in [2.45, 2.75) is 4.90 Å². The van der Waals surface area contributed by atoms with Crippen LogP contribution in [0.3, 0.4) is 0 Å². The van der Waals surface area contributed by atoms with Gasteiger partial charge in [-0.15, -0.1) is 11.8 Å². The van der Waals surface area contributed by atoms with Crippen LogP contribution in [-0.4, -0.2) is 71.0 Å². The van der Waals surface area contributed by atoms with Crippen molar-refractivity contribution in [1.82, 2.24) is 0 Å². The molecule has 16 heteroatoms. The topological polar surface area (TPSA) is 185 Å². The molecule has 1 aromatic carbocycles. The van der Waals surface area contributed by atoms with Crippen LogP contribution in [-0.2, 0) is 9.59 Å². The summed E-state index contributed by atoms with van der Waals surface area (Å²) in [5.74, 6) is 4.24. The molecule has 1 aliphatic carbocycles. The number of ketones is 2. The lowest BCUT2D eigenvalue weighted by atomic mass is 10.2. The number of halogens is 4. The van der Waals surface area contributed by atoms with E-state index in [-0.39, 0.29) is 72.7 Å². The Morgan fingerprint density at radius 2 is 1.08 bits per heavy atom. The molecule has 0 unspecified atom stereocenters. The molecule has 0 fully saturated rings. The fourth-order valence-corrected chi connectivity index (χ4v) is 4.15. The van der Waals surface area contributed by atoms with Gasteiger partial charge in [0.2, 0.25) is 0 Å².